The Morgan fingerprint density at radius 1 is 0.588 bits per heavy atom. The van der Waals surface area contributed by atoms with E-state index < -0.39 is 8.56 Å². The van der Waals surface area contributed by atoms with Crippen LogP contribution in [0.5, 0.6) is 0 Å². The third-order valence-electron chi connectivity index (χ3n) is 2.31. The average Bonchev–Trinajstić information content (AvgIpc) is 2.31. The van der Waals surface area contributed by atoms with Gasteiger partial charge in [-0.3, -0.25) is 0 Å². The van der Waals surface area contributed by atoms with Crippen LogP contribution in [-0.2, 0) is 0 Å². The first kappa shape index (κ1) is 18.8. The second-order valence-electron chi connectivity index (χ2n) is 3.35. The van der Waals surface area contributed by atoms with Crippen LogP contribution in [-0.4, -0.2) is 8.56 Å². The Kier molecular flexibility index (Phi) is 9.88. The molecule has 0 atom stereocenters. The van der Waals surface area contributed by atoms with Crippen LogP contribution in [0.25, 0.3) is 0 Å². The van der Waals surface area contributed by atoms with Gasteiger partial charge in [0.15, 0.2) is 0 Å². The molecule has 17 heavy (non-hydrogen) atoms. The molecule has 0 saturated carbocycles. The van der Waals surface area contributed by atoms with Crippen LogP contribution >= 0.6 is 0 Å². The zero-order valence-electron chi connectivity index (χ0n) is 10.1. The van der Waals surface area contributed by atoms with E-state index in [0.717, 1.165) is 0 Å². The van der Waals surface area contributed by atoms with Crippen LogP contribution in [0.4, 0.5) is 0 Å². The Balaban J connectivity index is 0.00000128. The monoisotopic (exact) mass is 292 g/mol. The number of hydrogen-bond acceptors (Lipinski definition) is 2. The van der Waals surface area contributed by atoms with Crippen molar-refractivity contribution in [3.63, 3.8) is 0 Å². The Morgan fingerprint density at radius 2 is 0.882 bits per heavy atom. The standard InChI is InChI=1S/C12H10O2Si.2K/c13-15(14,11-7-3-1-4-8-11)12-9-5-2-6-10-12;;/h1-10H;;/q-2;2*+1. The van der Waals surface area contributed by atoms with Gasteiger partial charge in [-0.25, -0.2) is 0 Å². The largest absolute Gasteiger partial charge is 1.00 e. The molecule has 0 fully saturated rings. The molecule has 2 nitrogen and oxygen atoms in total. The van der Waals surface area contributed by atoms with E-state index in [2.05, 4.69) is 0 Å². The molecule has 0 aromatic heterocycles. The van der Waals surface area contributed by atoms with E-state index >= 15 is 0 Å². The summed E-state index contributed by atoms with van der Waals surface area (Å²) in [7, 11) is -3.96. The molecule has 5 heteroatoms. The first-order valence-electron chi connectivity index (χ1n) is 4.73. The minimum absolute atomic E-state index is 0. The van der Waals surface area contributed by atoms with E-state index in [1.807, 2.05) is 0 Å². The van der Waals surface area contributed by atoms with E-state index in [1.165, 1.54) is 0 Å². The van der Waals surface area contributed by atoms with Crippen LogP contribution in [0.2, 0.25) is 0 Å². The fraction of sp³-hybridized carbons (Fsp3) is 0. The van der Waals surface area contributed by atoms with Crippen molar-refractivity contribution in [3.05, 3.63) is 60.7 Å². The van der Waals surface area contributed by atoms with Crippen molar-refractivity contribution in [1.29, 1.82) is 0 Å². The molecule has 0 heterocycles. The smallest absolute Gasteiger partial charge is 0.863 e. The van der Waals surface area contributed by atoms with Crippen LogP contribution < -0.4 is 123 Å². The summed E-state index contributed by atoms with van der Waals surface area (Å²) in [4.78, 5) is 24.2. The summed E-state index contributed by atoms with van der Waals surface area (Å²) in [5, 5.41) is 0.771. The summed E-state index contributed by atoms with van der Waals surface area (Å²) < 4.78 is 0. The van der Waals surface area contributed by atoms with E-state index in [-0.39, 0.29) is 103 Å². The van der Waals surface area contributed by atoms with Crippen LogP contribution in [0.1, 0.15) is 0 Å². The zero-order valence-corrected chi connectivity index (χ0v) is 17.3. The molecule has 0 aliphatic carbocycles. The summed E-state index contributed by atoms with van der Waals surface area (Å²) >= 11 is 0. The van der Waals surface area contributed by atoms with E-state index in [4.69, 9.17) is 0 Å². The first-order valence-corrected chi connectivity index (χ1v) is 6.55. The average molecular weight is 292 g/mol. The van der Waals surface area contributed by atoms with Gasteiger partial charge in [0.1, 0.15) is 0 Å². The van der Waals surface area contributed by atoms with Gasteiger partial charge in [-0.05, 0) is 0 Å². The fourth-order valence-corrected chi connectivity index (χ4v) is 3.08. The van der Waals surface area contributed by atoms with Crippen molar-refractivity contribution < 1.29 is 112 Å². The molecule has 0 unspecified atom stereocenters. The third-order valence-corrected chi connectivity index (χ3v) is 4.49. The number of hydrogen-bond donors (Lipinski definition) is 0. The second-order valence-corrected chi connectivity index (χ2v) is 5.74. The van der Waals surface area contributed by atoms with E-state index in [1.54, 1.807) is 60.7 Å². The maximum Gasteiger partial charge on any atom is 1.00 e. The zero-order chi connectivity index (χ0) is 10.7. The van der Waals surface area contributed by atoms with Gasteiger partial charge in [-0.2, -0.15) is 0 Å². The van der Waals surface area contributed by atoms with E-state index in [0.29, 0.717) is 10.4 Å². The molecule has 0 spiro atoms. The minimum atomic E-state index is -3.96. The Morgan fingerprint density at radius 3 is 1.18 bits per heavy atom. The predicted octanol–water partition coefficient (Wildman–Crippen LogP) is -7.03. The molecule has 0 bridgehead atoms. The Labute approximate surface area is 188 Å². The van der Waals surface area contributed by atoms with Gasteiger partial charge >= 0.3 is 103 Å². The third kappa shape index (κ3) is 5.03. The summed E-state index contributed by atoms with van der Waals surface area (Å²) in [6.07, 6.45) is 0. The fourth-order valence-electron chi connectivity index (χ4n) is 1.48. The van der Waals surface area contributed by atoms with Crippen molar-refractivity contribution in [3.8, 4) is 0 Å². The molecular formula is C12H10K2O2Si. The quantitative estimate of drug-likeness (QED) is 0.517. The van der Waals surface area contributed by atoms with Crippen LogP contribution in [0.15, 0.2) is 60.7 Å². The summed E-state index contributed by atoms with van der Waals surface area (Å²) in [6, 6.07) is 17.0. The summed E-state index contributed by atoms with van der Waals surface area (Å²) in [5.41, 5.74) is 0. The predicted molar refractivity (Wildman–Crippen MR) is 57.9 cm³/mol. The Hall–Kier alpha value is 1.85. The maximum atomic E-state index is 12.1. The van der Waals surface area contributed by atoms with Gasteiger partial charge in [0, 0.05) is 0 Å². The number of benzene rings is 2. The van der Waals surface area contributed by atoms with Crippen molar-refractivity contribution in [1.82, 2.24) is 0 Å². The molecule has 0 aliphatic rings. The van der Waals surface area contributed by atoms with Crippen LogP contribution in [0, 0.1) is 0 Å². The van der Waals surface area contributed by atoms with E-state index in [9.17, 15) is 9.59 Å². The minimum Gasteiger partial charge on any atom is -0.863 e. The van der Waals surface area contributed by atoms with Crippen molar-refractivity contribution in [2.24, 2.45) is 0 Å². The summed E-state index contributed by atoms with van der Waals surface area (Å²) in [6.45, 7) is 0. The normalized spacial score (nSPS) is 10.0. The molecule has 0 amide bonds. The molecule has 0 radical (unpaired) electrons. The summed E-state index contributed by atoms with van der Waals surface area (Å²) in [5.74, 6) is 0. The van der Waals surface area contributed by atoms with Gasteiger partial charge in [0.25, 0.3) is 0 Å². The van der Waals surface area contributed by atoms with Crippen molar-refractivity contribution in [2.45, 2.75) is 0 Å². The second kappa shape index (κ2) is 8.91. The molecule has 2 aromatic rings. The first-order chi connectivity index (χ1) is 7.21. The number of rotatable bonds is 2. The molecule has 76 valence electrons. The SMILES string of the molecule is [K+].[K+].[O-][Si]([O-])(c1ccccc1)c1ccccc1. The molecule has 0 aliphatic heterocycles. The van der Waals surface area contributed by atoms with Gasteiger partial charge in [-0.15, -0.1) is 0 Å². The topological polar surface area (TPSA) is 46.1 Å². The molecule has 2 rings (SSSR count). The Bertz CT molecular complexity index is 393. The molecule has 0 N–H and O–H groups in total. The van der Waals surface area contributed by atoms with Crippen molar-refractivity contribution >= 4 is 18.9 Å². The van der Waals surface area contributed by atoms with Gasteiger partial charge in [0.2, 0.25) is 0 Å². The van der Waals surface area contributed by atoms with Gasteiger partial charge in [0.05, 0.1) is 0 Å². The molecular weight excluding hydrogens is 282 g/mol. The van der Waals surface area contributed by atoms with Gasteiger partial charge < -0.3 is 9.59 Å². The van der Waals surface area contributed by atoms with Crippen LogP contribution in [0.3, 0.4) is 0 Å². The van der Waals surface area contributed by atoms with Crippen molar-refractivity contribution in [2.75, 3.05) is 0 Å². The maximum absolute atomic E-state index is 12.1. The molecule has 0 saturated heterocycles. The van der Waals surface area contributed by atoms with Gasteiger partial charge in [-0.1, -0.05) is 79.6 Å². The molecule has 2 aromatic carbocycles.